The summed E-state index contributed by atoms with van der Waals surface area (Å²) >= 11 is 1.36. The van der Waals surface area contributed by atoms with Crippen LogP contribution in [0.2, 0.25) is 0 Å². The van der Waals surface area contributed by atoms with Crippen LogP contribution in [0.5, 0.6) is 0 Å². The van der Waals surface area contributed by atoms with Gasteiger partial charge in [0.25, 0.3) is 0 Å². The van der Waals surface area contributed by atoms with Crippen LogP contribution < -0.4 is 10.6 Å². The first-order valence-electron chi connectivity index (χ1n) is 6.74. The van der Waals surface area contributed by atoms with Gasteiger partial charge in [-0.2, -0.15) is 0 Å². The fraction of sp³-hybridized carbons (Fsp3) is 0.615. The van der Waals surface area contributed by atoms with Crippen LogP contribution in [0.15, 0.2) is 11.6 Å². The number of nitrogens with zero attached hydrogens (tertiary/aromatic N) is 1. The van der Waals surface area contributed by atoms with Crippen molar-refractivity contribution in [2.24, 2.45) is 17.8 Å². The molecule has 2 bridgehead atoms. The SMILES string of the molecule is COC(=O)[C@H]1[C@H]2CC[C@@H](C2)[C@@H]1NC(=O)Nc1nccs1. The maximum absolute atomic E-state index is 12.0. The fourth-order valence-electron chi connectivity index (χ4n) is 3.54. The van der Waals surface area contributed by atoms with E-state index in [1.807, 2.05) is 0 Å². The van der Waals surface area contributed by atoms with E-state index in [0.717, 1.165) is 19.3 Å². The Balaban J connectivity index is 1.66. The Morgan fingerprint density at radius 2 is 2.20 bits per heavy atom. The molecular formula is C13H17N3O3S. The number of amides is 2. The van der Waals surface area contributed by atoms with Crippen molar-refractivity contribution in [3.8, 4) is 0 Å². The summed E-state index contributed by atoms with van der Waals surface area (Å²) in [6.45, 7) is 0. The van der Waals surface area contributed by atoms with E-state index in [1.54, 1.807) is 11.6 Å². The quantitative estimate of drug-likeness (QED) is 0.834. The number of aromatic nitrogens is 1. The zero-order valence-electron chi connectivity index (χ0n) is 11.2. The lowest BCUT2D eigenvalue weighted by atomic mass is 9.84. The van der Waals surface area contributed by atoms with Gasteiger partial charge in [0.2, 0.25) is 0 Å². The molecule has 3 rings (SSSR count). The van der Waals surface area contributed by atoms with E-state index in [9.17, 15) is 9.59 Å². The molecule has 2 aliphatic rings. The van der Waals surface area contributed by atoms with E-state index >= 15 is 0 Å². The van der Waals surface area contributed by atoms with Gasteiger partial charge in [-0.1, -0.05) is 0 Å². The van der Waals surface area contributed by atoms with Gasteiger partial charge in [0.1, 0.15) is 0 Å². The molecule has 0 radical (unpaired) electrons. The molecule has 6 nitrogen and oxygen atoms in total. The number of ether oxygens (including phenoxy) is 1. The lowest BCUT2D eigenvalue weighted by molar-refractivity contribution is -0.148. The van der Waals surface area contributed by atoms with Gasteiger partial charge in [-0.25, -0.2) is 9.78 Å². The smallest absolute Gasteiger partial charge is 0.321 e. The van der Waals surface area contributed by atoms with Crippen molar-refractivity contribution >= 4 is 28.5 Å². The summed E-state index contributed by atoms with van der Waals surface area (Å²) in [6.07, 6.45) is 4.76. The van der Waals surface area contributed by atoms with Crippen molar-refractivity contribution in [3.05, 3.63) is 11.6 Å². The maximum Gasteiger partial charge on any atom is 0.321 e. The van der Waals surface area contributed by atoms with E-state index in [4.69, 9.17) is 4.74 Å². The van der Waals surface area contributed by atoms with Gasteiger partial charge < -0.3 is 10.1 Å². The highest BCUT2D eigenvalue weighted by Crippen LogP contribution is 2.48. The molecule has 2 N–H and O–H groups in total. The second kappa shape index (κ2) is 5.40. The number of methoxy groups -OCH3 is 1. The Labute approximate surface area is 120 Å². The topological polar surface area (TPSA) is 80.3 Å². The molecule has 0 saturated heterocycles. The van der Waals surface area contributed by atoms with Gasteiger partial charge in [0.15, 0.2) is 5.13 Å². The summed E-state index contributed by atoms with van der Waals surface area (Å²) in [4.78, 5) is 27.9. The minimum absolute atomic E-state index is 0.124. The van der Waals surface area contributed by atoms with E-state index in [1.165, 1.54) is 18.4 Å². The van der Waals surface area contributed by atoms with Gasteiger partial charge in [-0.05, 0) is 31.1 Å². The van der Waals surface area contributed by atoms with Crippen LogP contribution in [0.25, 0.3) is 0 Å². The first-order valence-corrected chi connectivity index (χ1v) is 7.62. The molecular weight excluding hydrogens is 278 g/mol. The zero-order chi connectivity index (χ0) is 14.1. The molecule has 1 aromatic rings. The van der Waals surface area contributed by atoms with Gasteiger partial charge in [-0.15, -0.1) is 11.3 Å². The van der Waals surface area contributed by atoms with Crippen LogP contribution in [-0.4, -0.2) is 30.1 Å². The first-order chi connectivity index (χ1) is 9.69. The molecule has 4 atom stereocenters. The molecule has 2 saturated carbocycles. The summed E-state index contributed by atoms with van der Waals surface area (Å²) < 4.78 is 4.88. The molecule has 7 heteroatoms. The number of rotatable bonds is 3. The first kappa shape index (κ1) is 13.4. The number of anilines is 1. The minimum Gasteiger partial charge on any atom is -0.469 e. The molecule has 2 amide bonds. The number of nitrogens with one attached hydrogen (secondary N) is 2. The van der Waals surface area contributed by atoms with Crippen LogP contribution in [0.1, 0.15) is 19.3 Å². The molecule has 1 heterocycles. The Kier molecular flexibility index (Phi) is 3.60. The summed E-state index contributed by atoms with van der Waals surface area (Å²) in [5, 5.41) is 7.97. The summed E-state index contributed by atoms with van der Waals surface area (Å²) in [5.74, 6) is 0.307. The second-order valence-electron chi connectivity index (χ2n) is 5.34. The molecule has 1 aromatic heterocycles. The Morgan fingerprint density at radius 3 is 2.90 bits per heavy atom. The van der Waals surface area contributed by atoms with Crippen molar-refractivity contribution in [1.29, 1.82) is 0 Å². The Bertz CT molecular complexity index is 505. The molecule has 20 heavy (non-hydrogen) atoms. The van der Waals surface area contributed by atoms with Gasteiger partial charge in [-0.3, -0.25) is 10.1 Å². The molecule has 108 valence electrons. The maximum atomic E-state index is 12.0. The van der Waals surface area contributed by atoms with Gasteiger partial charge in [0.05, 0.1) is 13.0 Å². The Morgan fingerprint density at radius 1 is 1.40 bits per heavy atom. The lowest BCUT2D eigenvalue weighted by Crippen LogP contribution is -2.48. The van der Waals surface area contributed by atoms with Crippen molar-refractivity contribution in [2.45, 2.75) is 25.3 Å². The molecule has 0 unspecified atom stereocenters. The predicted octanol–water partition coefficient (Wildman–Crippen LogP) is 1.85. The number of carbonyl (C=O) groups is 2. The normalized spacial score (nSPS) is 31.1. The fourth-order valence-corrected chi connectivity index (χ4v) is 4.07. The number of fused-ring (bicyclic) bond motifs is 2. The number of urea groups is 1. The summed E-state index contributed by atoms with van der Waals surface area (Å²) in [5.41, 5.74) is 0. The Hall–Kier alpha value is -1.63. The second-order valence-corrected chi connectivity index (χ2v) is 6.24. The third-order valence-electron chi connectivity index (χ3n) is 4.34. The molecule has 0 aliphatic heterocycles. The average Bonchev–Trinajstić information content (AvgIpc) is 3.14. The van der Waals surface area contributed by atoms with E-state index in [0.29, 0.717) is 17.0 Å². The van der Waals surface area contributed by atoms with E-state index in [-0.39, 0.29) is 24.0 Å². The van der Waals surface area contributed by atoms with Crippen molar-refractivity contribution in [3.63, 3.8) is 0 Å². The van der Waals surface area contributed by atoms with Crippen LogP contribution in [-0.2, 0) is 9.53 Å². The predicted molar refractivity (Wildman–Crippen MR) is 74.4 cm³/mol. The lowest BCUT2D eigenvalue weighted by Gasteiger charge is -2.29. The zero-order valence-corrected chi connectivity index (χ0v) is 12.0. The minimum atomic E-state index is -0.300. The monoisotopic (exact) mass is 295 g/mol. The highest BCUT2D eigenvalue weighted by Gasteiger charge is 2.52. The molecule has 0 aromatic carbocycles. The highest BCUT2D eigenvalue weighted by molar-refractivity contribution is 7.13. The molecule has 2 aliphatic carbocycles. The summed E-state index contributed by atoms with van der Waals surface area (Å²) in [6, 6.07) is -0.424. The molecule has 2 fully saturated rings. The number of carbonyl (C=O) groups excluding carboxylic acids is 2. The van der Waals surface area contributed by atoms with E-state index < -0.39 is 0 Å². The van der Waals surface area contributed by atoms with Crippen molar-refractivity contribution in [2.75, 3.05) is 12.4 Å². The van der Waals surface area contributed by atoms with Crippen LogP contribution in [0, 0.1) is 17.8 Å². The average molecular weight is 295 g/mol. The van der Waals surface area contributed by atoms with E-state index in [2.05, 4.69) is 15.6 Å². The van der Waals surface area contributed by atoms with Gasteiger partial charge >= 0.3 is 12.0 Å². The number of hydrogen-bond donors (Lipinski definition) is 2. The van der Waals surface area contributed by atoms with Crippen LogP contribution in [0.4, 0.5) is 9.93 Å². The number of thiazole rings is 1. The van der Waals surface area contributed by atoms with Crippen molar-refractivity contribution in [1.82, 2.24) is 10.3 Å². The number of hydrogen-bond acceptors (Lipinski definition) is 5. The third-order valence-corrected chi connectivity index (χ3v) is 5.03. The summed E-state index contributed by atoms with van der Waals surface area (Å²) in [7, 11) is 1.40. The largest absolute Gasteiger partial charge is 0.469 e. The van der Waals surface area contributed by atoms with Crippen molar-refractivity contribution < 1.29 is 14.3 Å². The standard InChI is InChI=1S/C13H17N3O3S/c1-19-11(17)9-7-2-3-8(6-7)10(9)15-12(18)16-13-14-4-5-20-13/h4-5,7-10H,2-3,6H2,1H3,(H2,14,15,16,18)/t7-,8-,9-,10-/m0/s1. The number of esters is 1. The van der Waals surface area contributed by atoms with Crippen LogP contribution in [0.3, 0.4) is 0 Å². The highest BCUT2D eigenvalue weighted by atomic mass is 32.1. The third kappa shape index (κ3) is 2.37. The molecule has 0 spiro atoms. The van der Waals surface area contributed by atoms with Crippen LogP contribution >= 0.6 is 11.3 Å². The van der Waals surface area contributed by atoms with Gasteiger partial charge in [0, 0.05) is 17.6 Å².